The molecule has 0 aliphatic carbocycles. The van der Waals surface area contributed by atoms with Crippen LogP contribution in [0, 0.1) is 0 Å². The van der Waals surface area contributed by atoms with Crippen LogP contribution in [0.4, 0.5) is 0 Å². The molecular formula is C24H19ClN2O2SSe. The number of nitrogens with zero attached hydrogens (tertiary/aromatic N) is 2. The summed E-state index contributed by atoms with van der Waals surface area (Å²) in [5.41, 5.74) is 1.77. The van der Waals surface area contributed by atoms with Gasteiger partial charge in [0.05, 0.1) is 5.52 Å². The molecule has 0 N–H and O–H groups in total. The number of pyridine rings is 1. The first kappa shape index (κ1) is 21.6. The van der Waals surface area contributed by atoms with Gasteiger partial charge in [-0.25, -0.2) is 0 Å². The maximum Gasteiger partial charge on any atom is 0.0701 e. The minimum absolute atomic E-state index is 0.145. The first-order chi connectivity index (χ1) is 14.9. The molecule has 156 valence electrons. The Kier molecular flexibility index (Phi) is 6.44. The molecule has 3 aromatic carbocycles. The zero-order valence-electron chi connectivity index (χ0n) is 16.6. The standard InChI is InChI=1S/C15H12ClNO2SSe.C9H7N/c1-20(18,19)17-8-7-11-9-14(5-6-15(11)17)21-13-4-2-3-12(16)10-13;1-2-6-9-8(4-1)5-3-7-10-9/h2-10H,1H3;1-7H. The average molecular weight is 514 g/mol. The fourth-order valence-electron chi connectivity index (χ4n) is 3.13. The Bertz CT molecular complexity index is 1400. The molecule has 2 heterocycles. The number of halogens is 1. The van der Waals surface area contributed by atoms with Gasteiger partial charge in [0, 0.05) is 11.6 Å². The van der Waals surface area contributed by atoms with Gasteiger partial charge in [-0.05, 0) is 12.1 Å². The molecule has 0 aliphatic heterocycles. The monoisotopic (exact) mass is 514 g/mol. The van der Waals surface area contributed by atoms with Crippen LogP contribution in [0.25, 0.3) is 21.8 Å². The zero-order valence-corrected chi connectivity index (χ0v) is 19.9. The van der Waals surface area contributed by atoms with Gasteiger partial charge in [-0.1, -0.05) is 24.3 Å². The Morgan fingerprint density at radius 2 is 1.61 bits per heavy atom. The number of aromatic nitrogens is 2. The van der Waals surface area contributed by atoms with Gasteiger partial charge in [-0.2, -0.15) is 0 Å². The molecule has 5 aromatic rings. The molecule has 0 atom stereocenters. The summed E-state index contributed by atoms with van der Waals surface area (Å²) in [6.07, 6.45) is 4.61. The maximum atomic E-state index is 11.7. The number of hydrogen-bond donors (Lipinski definition) is 0. The van der Waals surface area contributed by atoms with Crippen molar-refractivity contribution in [3.63, 3.8) is 0 Å². The number of benzene rings is 3. The predicted octanol–water partition coefficient (Wildman–Crippen LogP) is 3.99. The van der Waals surface area contributed by atoms with E-state index in [0.29, 0.717) is 5.52 Å². The van der Waals surface area contributed by atoms with E-state index in [1.807, 2.05) is 72.9 Å². The summed E-state index contributed by atoms with van der Waals surface area (Å²) in [5, 5.41) is 2.87. The van der Waals surface area contributed by atoms with Gasteiger partial charge in [0.1, 0.15) is 0 Å². The average Bonchev–Trinajstić information content (AvgIpc) is 3.18. The van der Waals surface area contributed by atoms with Crippen molar-refractivity contribution < 1.29 is 8.42 Å². The molecule has 2 aromatic heterocycles. The molecular weight excluding hydrogens is 495 g/mol. The Hall–Kier alpha value is -2.63. The van der Waals surface area contributed by atoms with Gasteiger partial charge in [-0.3, -0.25) is 4.98 Å². The first-order valence-corrected chi connectivity index (χ1v) is 13.4. The summed E-state index contributed by atoms with van der Waals surface area (Å²) in [7, 11) is -3.26. The molecule has 0 unspecified atom stereocenters. The van der Waals surface area contributed by atoms with E-state index in [0.717, 1.165) is 15.9 Å². The summed E-state index contributed by atoms with van der Waals surface area (Å²) in [4.78, 5) is 4.18. The van der Waals surface area contributed by atoms with Crippen LogP contribution < -0.4 is 8.92 Å². The van der Waals surface area contributed by atoms with Crippen LogP contribution in [0.5, 0.6) is 0 Å². The predicted molar refractivity (Wildman–Crippen MR) is 130 cm³/mol. The molecule has 0 amide bonds. The number of fused-ring (bicyclic) bond motifs is 2. The Balaban J connectivity index is 0.000000192. The second-order valence-corrected chi connectivity index (χ2v) is 11.6. The van der Waals surface area contributed by atoms with Gasteiger partial charge in [0.15, 0.2) is 0 Å². The smallest absolute Gasteiger partial charge is 0.0701 e. The van der Waals surface area contributed by atoms with E-state index in [1.165, 1.54) is 24.5 Å². The summed E-state index contributed by atoms with van der Waals surface area (Å²) >= 11 is 6.14. The van der Waals surface area contributed by atoms with Gasteiger partial charge in [-0.15, -0.1) is 0 Å². The van der Waals surface area contributed by atoms with Crippen LogP contribution in [0.3, 0.4) is 0 Å². The Morgan fingerprint density at radius 1 is 0.839 bits per heavy atom. The number of hydrogen-bond acceptors (Lipinski definition) is 3. The molecule has 0 radical (unpaired) electrons. The van der Waals surface area contributed by atoms with E-state index in [1.54, 1.807) is 6.20 Å². The Labute approximate surface area is 192 Å². The van der Waals surface area contributed by atoms with Crippen molar-refractivity contribution in [3.05, 3.63) is 102 Å². The summed E-state index contributed by atoms with van der Waals surface area (Å²) in [6.45, 7) is 0. The third kappa shape index (κ3) is 5.35. The van der Waals surface area contributed by atoms with Crippen LogP contribution in [-0.2, 0) is 10.0 Å². The third-order valence-electron chi connectivity index (χ3n) is 4.53. The summed E-state index contributed by atoms with van der Waals surface area (Å²) < 4.78 is 27.0. The van der Waals surface area contributed by atoms with E-state index < -0.39 is 10.0 Å². The normalized spacial score (nSPS) is 11.3. The number of rotatable bonds is 3. The van der Waals surface area contributed by atoms with Crippen LogP contribution in [-0.4, -0.2) is 38.6 Å². The van der Waals surface area contributed by atoms with Crippen molar-refractivity contribution >= 4 is 67.3 Å². The van der Waals surface area contributed by atoms with Crippen molar-refractivity contribution in [2.45, 2.75) is 0 Å². The molecule has 7 heteroatoms. The van der Waals surface area contributed by atoms with Gasteiger partial charge in [0.2, 0.25) is 0 Å². The van der Waals surface area contributed by atoms with E-state index in [9.17, 15) is 8.42 Å². The van der Waals surface area contributed by atoms with Crippen LogP contribution in [0.15, 0.2) is 97.3 Å². The van der Waals surface area contributed by atoms with Crippen molar-refractivity contribution in [3.8, 4) is 0 Å². The molecule has 0 spiro atoms. The van der Waals surface area contributed by atoms with Gasteiger partial charge >= 0.3 is 135 Å². The van der Waals surface area contributed by atoms with Crippen molar-refractivity contribution in [1.29, 1.82) is 0 Å². The largest absolute Gasteiger partial charge is 0.256 e. The zero-order chi connectivity index (χ0) is 21.8. The molecule has 0 saturated carbocycles. The SMILES string of the molecule is CS(=O)(=O)n1ccc2cc([Se]c3cccc(Cl)c3)ccc21.c1ccc2ncccc2c1. The minimum atomic E-state index is -3.26. The van der Waals surface area contributed by atoms with Gasteiger partial charge in [0.25, 0.3) is 0 Å². The fraction of sp³-hybridized carbons (Fsp3) is 0.0417. The molecule has 0 aliphatic rings. The molecule has 31 heavy (non-hydrogen) atoms. The van der Waals surface area contributed by atoms with E-state index in [-0.39, 0.29) is 15.0 Å². The van der Waals surface area contributed by atoms with Crippen molar-refractivity contribution in [1.82, 2.24) is 8.96 Å². The summed E-state index contributed by atoms with van der Waals surface area (Å²) in [6, 6.07) is 27.6. The minimum Gasteiger partial charge on any atom is -0.256 e. The van der Waals surface area contributed by atoms with Crippen molar-refractivity contribution in [2.75, 3.05) is 6.26 Å². The molecule has 4 nitrogen and oxygen atoms in total. The molecule has 0 fully saturated rings. The van der Waals surface area contributed by atoms with E-state index in [2.05, 4.69) is 23.2 Å². The van der Waals surface area contributed by atoms with Crippen LogP contribution in [0.2, 0.25) is 5.02 Å². The topological polar surface area (TPSA) is 52.0 Å². The van der Waals surface area contributed by atoms with Crippen LogP contribution >= 0.6 is 11.6 Å². The maximum absolute atomic E-state index is 11.7. The van der Waals surface area contributed by atoms with E-state index >= 15 is 0 Å². The molecule has 5 rings (SSSR count). The first-order valence-electron chi connectivity index (χ1n) is 9.45. The second-order valence-electron chi connectivity index (χ2n) is 6.85. The Morgan fingerprint density at radius 3 is 2.39 bits per heavy atom. The number of para-hydroxylation sites is 1. The summed E-state index contributed by atoms with van der Waals surface area (Å²) in [5.74, 6) is 0. The van der Waals surface area contributed by atoms with Gasteiger partial charge < -0.3 is 0 Å². The second kappa shape index (κ2) is 9.25. The molecule has 0 bridgehead atoms. The molecule has 0 saturated heterocycles. The van der Waals surface area contributed by atoms with E-state index in [4.69, 9.17) is 11.6 Å². The third-order valence-corrected chi connectivity index (χ3v) is 7.85. The quantitative estimate of drug-likeness (QED) is 0.343. The van der Waals surface area contributed by atoms with Crippen LogP contribution in [0.1, 0.15) is 0 Å². The fourth-order valence-corrected chi connectivity index (χ4v) is 6.22. The van der Waals surface area contributed by atoms with Crippen molar-refractivity contribution in [2.24, 2.45) is 0 Å².